The Morgan fingerprint density at radius 3 is 2.65 bits per heavy atom. The minimum atomic E-state index is -0.0727. The molecule has 0 radical (unpaired) electrons. The first kappa shape index (κ1) is 14.8. The first-order chi connectivity index (χ1) is 8.13. The Bertz CT molecular complexity index is 236. The number of unbranched alkanes of at least 4 members (excludes halogenated alkanes) is 1. The topological polar surface area (TPSA) is 41.1 Å². The second-order valence-corrected chi connectivity index (χ2v) is 6.26. The number of nitrogens with one attached hydrogen (secondary N) is 2. The summed E-state index contributed by atoms with van der Waals surface area (Å²) in [7, 11) is 0. The van der Waals surface area contributed by atoms with Crippen LogP contribution in [0.15, 0.2) is 0 Å². The standard InChI is InChI=1S/C13H26N2OS/c1-4-5-9-14-12(16)11(2)15-10-13(17-3)7-6-8-13/h11,15H,4-10H2,1-3H3,(H,14,16). The van der Waals surface area contributed by atoms with Crippen molar-refractivity contribution in [1.29, 1.82) is 0 Å². The molecule has 1 fully saturated rings. The van der Waals surface area contributed by atoms with Crippen LogP contribution >= 0.6 is 11.8 Å². The van der Waals surface area contributed by atoms with Gasteiger partial charge in [0.05, 0.1) is 6.04 Å². The van der Waals surface area contributed by atoms with E-state index in [1.54, 1.807) is 0 Å². The van der Waals surface area contributed by atoms with Crippen molar-refractivity contribution >= 4 is 17.7 Å². The monoisotopic (exact) mass is 258 g/mol. The van der Waals surface area contributed by atoms with Crippen molar-refractivity contribution in [3.05, 3.63) is 0 Å². The van der Waals surface area contributed by atoms with E-state index in [-0.39, 0.29) is 11.9 Å². The summed E-state index contributed by atoms with van der Waals surface area (Å²) in [5, 5.41) is 6.34. The first-order valence-corrected chi connectivity index (χ1v) is 7.92. The van der Waals surface area contributed by atoms with Gasteiger partial charge in [-0.3, -0.25) is 4.79 Å². The zero-order valence-electron chi connectivity index (χ0n) is 11.3. The molecule has 0 saturated heterocycles. The highest BCUT2D eigenvalue weighted by atomic mass is 32.2. The molecule has 0 bridgehead atoms. The maximum Gasteiger partial charge on any atom is 0.236 e. The number of hydrogen-bond donors (Lipinski definition) is 2. The highest BCUT2D eigenvalue weighted by Gasteiger charge is 2.36. The zero-order valence-corrected chi connectivity index (χ0v) is 12.2. The number of hydrogen-bond acceptors (Lipinski definition) is 3. The van der Waals surface area contributed by atoms with Gasteiger partial charge in [-0.2, -0.15) is 11.8 Å². The Morgan fingerprint density at radius 2 is 2.18 bits per heavy atom. The Morgan fingerprint density at radius 1 is 1.47 bits per heavy atom. The molecule has 3 nitrogen and oxygen atoms in total. The lowest BCUT2D eigenvalue weighted by Crippen LogP contribution is -2.50. The summed E-state index contributed by atoms with van der Waals surface area (Å²) >= 11 is 1.94. The first-order valence-electron chi connectivity index (χ1n) is 6.70. The lowest BCUT2D eigenvalue weighted by atomic mass is 9.84. The van der Waals surface area contributed by atoms with E-state index in [0.717, 1.165) is 25.9 Å². The summed E-state index contributed by atoms with van der Waals surface area (Å²) in [6.07, 6.45) is 8.26. The van der Waals surface area contributed by atoms with Gasteiger partial charge in [-0.15, -0.1) is 0 Å². The molecule has 0 aromatic heterocycles. The fourth-order valence-electron chi connectivity index (χ4n) is 2.00. The van der Waals surface area contributed by atoms with Gasteiger partial charge in [0.2, 0.25) is 5.91 Å². The van der Waals surface area contributed by atoms with E-state index in [0.29, 0.717) is 4.75 Å². The third-order valence-corrected chi connectivity index (χ3v) is 5.07. The fraction of sp³-hybridized carbons (Fsp3) is 0.923. The molecule has 1 aliphatic carbocycles. The van der Waals surface area contributed by atoms with Crippen LogP contribution in [0.4, 0.5) is 0 Å². The number of thioether (sulfide) groups is 1. The summed E-state index contributed by atoms with van der Waals surface area (Å²) in [5.74, 6) is 0.133. The van der Waals surface area contributed by atoms with Crippen molar-refractivity contribution in [3.8, 4) is 0 Å². The van der Waals surface area contributed by atoms with Crippen LogP contribution in [0, 0.1) is 0 Å². The van der Waals surface area contributed by atoms with Gasteiger partial charge in [-0.25, -0.2) is 0 Å². The number of amides is 1. The lowest BCUT2D eigenvalue weighted by Gasteiger charge is -2.41. The molecule has 1 amide bonds. The molecule has 17 heavy (non-hydrogen) atoms. The molecule has 0 heterocycles. The quantitative estimate of drug-likeness (QED) is 0.656. The van der Waals surface area contributed by atoms with E-state index in [9.17, 15) is 4.79 Å². The molecule has 1 atom stereocenters. The lowest BCUT2D eigenvalue weighted by molar-refractivity contribution is -0.122. The van der Waals surface area contributed by atoms with E-state index in [2.05, 4.69) is 23.8 Å². The molecular formula is C13H26N2OS. The van der Waals surface area contributed by atoms with E-state index < -0.39 is 0 Å². The molecule has 1 aliphatic rings. The molecule has 0 aromatic carbocycles. The van der Waals surface area contributed by atoms with Crippen LogP contribution in [0.3, 0.4) is 0 Å². The van der Waals surface area contributed by atoms with Crippen LogP contribution in [-0.4, -0.2) is 36.0 Å². The summed E-state index contributed by atoms with van der Waals surface area (Å²) in [6, 6.07) is -0.0727. The van der Waals surface area contributed by atoms with E-state index in [4.69, 9.17) is 0 Å². The normalized spacial score (nSPS) is 19.5. The number of carbonyl (C=O) groups is 1. The van der Waals surface area contributed by atoms with E-state index >= 15 is 0 Å². The van der Waals surface area contributed by atoms with Crippen molar-refractivity contribution in [2.75, 3.05) is 19.3 Å². The van der Waals surface area contributed by atoms with Gasteiger partial charge < -0.3 is 10.6 Å². The second-order valence-electron chi connectivity index (χ2n) is 4.99. The van der Waals surface area contributed by atoms with Gasteiger partial charge in [-0.05, 0) is 32.4 Å². The highest BCUT2D eigenvalue weighted by Crippen LogP contribution is 2.42. The molecular weight excluding hydrogens is 232 g/mol. The average molecular weight is 258 g/mol. The van der Waals surface area contributed by atoms with Crippen LogP contribution in [0.25, 0.3) is 0 Å². The fourth-order valence-corrected chi connectivity index (χ4v) is 2.92. The second kappa shape index (κ2) is 7.27. The van der Waals surface area contributed by atoms with Crippen molar-refractivity contribution in [2.24, 2.45) is 0 Å². The van der Waals surface area contributed by atoms with Crippen LogP contribution in [0.1, 0.15) is 46.0 Å². The summed E-state index contributed by atoms with van der Waals surface area (Å²) in [5.41, 5.74) is 0. The van der Waals surface area contributed by atoms with Gasteiger partial charge in [0.1, 0.15) is 0 Å². The smallest absolute Gasteiger partial charge is 0.236 e. The third-order valence-electron chi connectivity index (χ3n) is 3.65. The Balaban J connectivity index is 2.19. The van der Waals surface area contributed by atoms with Crippen molar-refractivity contribution < 1.29 is 4.79 Å². The van der Waals surface area contributed by atoms with Gasteiger partial charge in [0, 0.05) is 17.8 Å². The third kappa shape index (κ3) is 4.51. The van der Waals surface area contributed by atoms with Gasteiger partial charge in [-0.1, -0.05) is 19.8 Å². The molecule has 100 valence electrons. The largest absolute Gasteiger partial charge is 0.355 e. The molecule has 4 heteroatoms. The van der Waals surface area contributed by atoms with Crippen molar-refractivity contribution in [1.82, 2.24) is 10.6 Å². The predicted molar refractivity (Wildman–Crippen MR) is 75.5 cm³/mol. The Kier molecular flexibility index (Phi) is 6.34. The van der Waals surface area contributed by atoms with Gasteiger partial charge >= 0.3 is 0 Å². The molecule has 0 aliphatic heterocycles. The molecule has 1 unspecified atom stereocenters. The molecule has 0 spiro atoms. The number of rotatable bonds is 8. The highest BCUT2D eigenvalue weighted by molar-refractivity contribution is 8.00. The average Bonchev–Trinajstić information content (AvgIpc) is 2.28. The minimum absolute atomic E-state index is 0.0727. The summed E-state index contributed by atoms with van der Waals surface area (Å²) < 4.78 is 0.401. The number of carbonyl (C=O) groups excluding carboxylic acids is 1. The van der Waals surface area contributed by atoms with Crippen LogP contribution < -0.4 is 10.6 Å². The molecule has 1 rings (SSSR count). The van der Waals surface area contributed by atoms with Crippen LogP contribution in [-0.2, 0) is 4.79 Å². The summed E-state index contributed by atoms with van der Waals surface area (Å²) in [6.45, 7) is 5.84. The van der Waals surface area contributed by atoms with E-state index in [1.165, 1.54) is 19.3 Å². The van der Waals surface area contributed by atoms with Crippen molar-refractivity contribution in [3.63, 3.8) is 0 Å². The molecule has 2 N–H and O–H groups in total. The van der Waals surface area contributed by atoms with Crippen molar-refractivity contribution in [2.45, 2.75) is 56.7 Å². The van der Waals surface area contributed by atoms with Gasteiger partial charge in [0.25, 0.3) is 0 Å². The minimum Gasteiger partial charge on any atom is -0.355 e. The molecule has 1 saturated carbocycles. The maximum absolute atomic E-state index is 11.7. The van der Waals surface area contributed by atoms with E-state index in [1.807, 2.05) is 18.7 Å². The van der Waals surface area contributed by atoms with Crippen LogP contribution in [0.2, 0.25) is 0 Å². The zero-order chi connectivity index (χ0) is 12.7. The van der Waals surface area contributed by atoms with Gasteiger partial charge in [0.15, 0.2) is 0 Å². The molecule has 0 aromatic rings. The maximum atomic E-state index is 11.7. The Labute approximate surface area is 109 Å². The Hall–Kier alpha value is -0.220. The van der Waals surface area contributed by atoms with Crippen LogP contribution in [0.5, 0.6) is 0 Å². The SMILES string of the molecule is CCCCNC(=O)C(C)NCC1(SC)CCC1. The predicted octanol–water partition coefficient (Wildman–Crippen LogP) is 2.17. The summed E-state index contributed by atoms with van der Waals surface area (Å²) in [4.78, 5) is 11.7.